The Balaban J connectivity index is 0.000000283. The van der Waals surface area contributed by atoms with E-state index >= 15 is 0 Å². The quantitative estimate of drug-likeness (QED) is 0.660. The summed E-state index contributed by atoms with van der Waals surface area (Å²) < 4.78 is 5.44. The summed E-state index contributed by atoms with van der Waals surface area (Å²) in [6.45, 7) is 10.8. The molecule has 0 aromatic carbocycles. The monoisotopic (exact) mass is 275 g/mol. The lowest BCUT2D eigenvalue weighted by molar-refractivity contribution is 0.0708. The number of ether oxygens (including phenoxy) is 1. The number of likely N-dealkylation sites (tertiary alicyclic amines) is 1. The van der Waals surface area contributed by atoms with Crippen LogP contribution in [-0.4, -0.2) is 43.7 Å². The van der Waals surface area contributed by atoms with Crippen molar-refractivity contribution in [3.05, 3.63) is 0 Å². The van der Waals surface area contributed by atoms with Gasteiger partial charge in [0.05, 0.1) is 5.85 Å². The molecule has 0 spiro atoms. The Bertz CT molecular complexity index is 158. The predicted octanol–water partition coefficient (Wildman–Crippen LogP) is 4.34. The molecule has 110 valence electrons. The smallest absolute Gasteiger partial charge is 0.0734 e. The van der Waals surface area contributed by atoms with Crippen LogP contribution in [0.5, 0.6) is 0 Å². The molecule has 2 fully saturated rings. The number of hydrogen-bond donors (Lipinski definition) is 0. The SMILES string of the molecule is CC.CC1CCCCN1C.CPC1CCCCO1. The first-order valence-corrected chi connectivity index (χ1v) is 9.31. The predicted molar refractivity (Wildman–Crippen MR) is 85.1 cm³/mol. The van der Waals surface area contributed by atoms with Crippen molar-refractivity contribution in [3.63, 3.8) is 0 Å². The molecule has 0 saturated carbocycles. The molecule has 0 bridgehead atoms. The van der Waals surface area contributed by atoms with Crippen LogP contribution in [0.1, 0.15) is 59.3 Å². The minimum absolute atomic E-state index is 0.615. The van der Waals surface area contributed by atoms with E-state index in [-0.39, 0.29) is 0 Å². The molecule has 2 heterocycles. The van der Waals surface area contributed by atoms with Gasteiger partial charge < -0.3 is 9.64 Å². The molecule has 2 aliphatic rings. The average Bonchev–Trinajstić information content (AvgIpc) is 2.46. The van der Waals surface area contributed by atoms with Gasteiger partial charge in [-0.15, -0.1) is 0 Å². The van der Waals surface area contributed by atoms with Gasteiger partial charge >= 0.3 is 0 Å². The lowest BCUT2D eigenvalue weighted by Crippen LogP contribution is -2.33. The molecule has 3 heteroatoms. The highest BCUT2D eigenvalue weighted by Crippen LogP contribution is 2.24. The Morgan fingerprint density at radius 2 is 1.72 bits per heavy atom. The van der Waals surface area contributed by atoms with Crippen molar-refractivity contribution in [3.8, 4) is 0 Å². The summed E-state index contributed by atoms with van der Waals surface area (Å²) in [6.07, 6.45) is 8.20. The molecule has 0 aromatic heterocycles. The van der Waals surface area contributed by atoms with Crippen molar-refractivity contribution in [2.24, 2.45) is 0 Å². The van der Waals surface area contributed by atoms with E-state index in [1.54, 1.807) is 0 Å². The summed E-state index contributed by atoms with van der Waals surface area (Å²) in [5.74, 6) is 0.615. The van der Waals surface area contributed by atoms with Crippen LogP contribution < -0.4 is 0 Å². The molecule has 3 unspecified atom stereocenters. The minimum atomic E-state index is 0.615. The highest BCUT2D eigenvalue weighted by molar-refractivity contribution is 7.37. The standard InChI is InChI=1S/C7H15N.C6H13OP.C2H6/c1-7-5-3-4-6-8(7)2;1-8-6-4-2-3-5-7-6;1-2/h7H,3-6H2,1-2H3;6,8H,2-5H2,1H3;1-2H3. The first kappa shape index (κ1) is 18.4. The van der Waals surface area contributed by atoms with Gasteiger partial charge in [-0.05, 0) is 59.3 Å². The van der Waals surface area contributed by atoms with E-state index in [0.29, 0.717) is 5.85 Å². The van der Waals surface area contributed by atoms with Gasteiger partial charge in [-0.2, -0.15) is 0 Å². The maximum absolute atomic E-state index is 5.44. The fourth-order valence-corrected chi connectivity index (χ4v) is 2.99. The molecule has 0 N–H and O–H groups in total. The van der Waals surface area contributed by atoms with Gasteiger partial charge in [-0.25, -0.2) is 0 Å². The molecule has 18 heavy (non-hydrogen) atoms. The Kier molecular flexibility index (Phi) is 12.6. The Morgan fingerprint density at radius 1 is 1.06 bits per heavy atom. The van der Waals surface area contributed by atoms with Crippen molar-refractivity contribution in [2.45, 2.75) is 71.2 Å². The molecular weight excluding hydrogens is 241 g/mol. The van der Waals surface area contributed by atoms with Gasteiger partial charge in [-0.3, -0.25) is 0 Å². The van der Waals surface area contributed by atoms with E-state index in [1.165, 1.54) is 45.1 Å². The summed E-state index contributed by atoms with van der Waals surface area (Å²) in [5.41, 5.74) is 0. The van der Waals surface area contributed by atoms with E-state index < -0.39 is 0 Å². The number of hydrogen-bond acceptors (Lipinski definition) is 2. The summed E-state index contributed by atoms with van der Waals surface area (Å²) in [6, 6.07) is 0.837. The van der Waals surface area contributed by atoms with Crippen molar-refractivity contribution in [1.29, 1.82) is 0 Å². The van der Waals surface area contributed by atoms with Crippen molar-refractivity contribution in [2.75, 3.05) is 26.9 Å². The van der Waals surface area contributed by atoms with E-state index in [1.807, 2.05) is 13.8 Å². The van der Waals surface area contributed by atoms with Gasteiger partial charge in [0.1, 0.15) is 0 Å². The van der Waals surface area contributed by atoms with Gasteiger partial charge in [0.15, 0.2) is 0 Å². The molecule has 0 radical (unpaired) electrons. The van der Waals surface area contributed by atoms with Crippen molar-refractivity contribution >= 4 is 8.58 Å². The van der Waals surface area contributed by atoms with Crippen LogP contribution in [0.4, 0.5) is 0 Å². The summed E-state index contributed by atoms with van der Waals surface area (Å²) in [5, 5.41) is 0. The number of piperidine rings is 1. The molecule has 2 nitrogen and oxygen atoms in total. The van der Waals surface area contributed by atoms with Gasteiger partial charge in [-0.1, -0.05) is 28.8 Å². The molecule has 3 atom stereocenters. The van der Waals surface area contributed by atoms with Crippen molar-refractivity contribution in [1.82, 2.24) is 4.90 Å². The molecule has 0 aromatic rings. The van der Waals surface area contributed by atoms with Crippen LogP contribution in [-0.2, 0) is 4.74 Å². The lowest BCUT2D eigenvalue weighted by Gasteiger charge is -2.29. The Morgan fingerprint density at radius 3 is 2.06 bits per heavy atom. The van der Waals surface area contributed by atoms with Gasteiger partial charge in [0.25, 0.3) is 0 Å². The summed E-state index contributed by atoms with van der Waals surface area (Å²) in [4.78, 5) is 2.43. The maximum Gasteiger partial charge on any atom is 0.0734 e. The maximum atomic E-state index is 5.44. The molecule has 2 aliphatic heterocycles. The third kappa shape index (κ3) is 8.45. The molecule has 2 rings (SSSR count). The molecular formula is C15H34NOP. The average molecular weight is 275 g/mol. The minimum Gasteiger partial charge on any atom is -0.374 e. The van der Waals surface area contributed by atoms with E-state index in [4.69, 9.17) is 4.74 Å². The van der Waals surface area contributed by atoms with Crippen LogP contribution in [0.2, 0.25) is 0 Å². The van der Waals surface area contributed by atoms with Crippen LogP contribution in [0.25, 0.3) is 0 Å². The lowest BCUT2D eigenvalue weighted by atomic mass is 10.1. The van der Waals surface area contributed by atoms with E-state index in [2.05, 4.69) is 25.5 Å². The zero-order chi connectivity index (χ0) is 13.8. The Labute approximate surface area is 117 Å². The van der Waals surface area contributed by atoms with E-state index in [0.717, 1.165) is 21.2 Å². The summed E-state index contributed by atoms with van der Waals surface area (Å²) >= 11 is 0. The second kappa shape index (κ2) is 12.4. The molecule has 2 saturated heterocycles. The van der Waals surface area contributed by atoms with Crippen LogP contribution in [0, 0.1) is 0 Å². The second-order valence-corrected chi connectivity index (χ2v) is 6.19. The van der Waals surface area contributed by atoms with Crippen LogP contribution >= 0.6 is 8.58 Å². The highest BCUT2D eigenvalue weighted by Gasteiger charge is 2.12. The fraction of sp³-hybridized carbons (Fsp3) is 1.00. The first-order valence-electron chi connectivity index (χ1n) is 7.73. The largest absolute Gasteiger partial charge is 0.374 e. The fourth-order valence-electron chi connectivity index (χ4n) is 2.21. The zero-order valence-corrected chi connectivity index (χ0v) is 14.2. The van der Waals surface area contributed by atoms with Gasteiger partial charge in [0.2, 0.25) is 0 Å². The molecule has 0 aliphatic carbocycles. The van der Waals surface area contributed by atoms with E-state index in [9.17, 15) is 0 Å². The molecule has 0 amide bonds. The second-order valence-electron chi connectivity index (χ2n) is 4.97. The normalized spacial score (nSPS) is 29.2. The first-order chi connectivity index (χ1) is 8.74. The van der Waals surface area contributed by atoms with Gasteiger partial charge in [0, 0.05) is 12.6 Å². The number of rotatable bonds is 1. The van der Waals surface area contributed by atoms with Crippen molar-refractivity contribution < 1.29 is 4.74 Å². The van der Waals surface area contributed by atoms with Crippen LogP contribution in [0.3, 0.4) is 0 Å². The Hall–Kier alpha value is 0.350. The number of nitrogens with zero attached hydrogens (tertiary/aromatic N) is 1. The third-order valence-corrected chi connectivity index (χ3v) is 4.74. The highest BCUT2D eigenvalue weighted by atomic mass is 31.1. The topological polar surface area (TPSA) is 12.5 Å². The summed E-state index contributed by atoms with van der Waals surface area (Å²) in [7, 11) is 3.20. The third-order valence-electron chi connectivity index (χ3n) is 3.64. The zero-order valence-electron chi connectivity index (χ0n) is 13.2. The van der Waals surface area contributed by atoms with Crippen LogP contribution in [0.15, 0.2) is 0 Å².